The molecule has 0 aromatic rings. The van der Waals surface area contributed by atoms with E-state index in [0.29, 0.717) is 6.10 Å². The van der Waals surface area contributed by atoms with Gasteiger partial charge in [-0.15, -0.1) is 0 Å². The summed E-state index contributed by atoms with van der Waals surface area (Å²) in [6, 6.07) is 0. The second kappa shape index (κ2) is 4.97. The van der Waals surface area contributed by atoms with Crippen molar-refractivity contribution in [3.8, 4) is 0 Å². The third-order valence-electron chi connectivity index (χ3n) is 3.06. The highest BCUT2D eigenvalue weighted by Crippen LogP contribution is 2.33. The molecule has 13 heavy (non-hydrogen) atoms. The molecule has 2 heteroatoms. The van der Waals surface area contributed by atoms with Gasteiger partial charge >= 0.3 is 0 Å². The van der Waals surface area contributed by atoms with E-state index in [1.807, 2.05) is 0 Å². The highest BCUT2D eigenvalue weighted by Gasteiger charge is 2.20. The van der Waals surface area contributed by atoms with Crippen LogP contribution in [0.4, 0.5) is 0 Å². The Morgan fingerprint density at radius 3 is 2.85 bits per heavy atom. The molecule has 0 bridgehead atoms. The number of rotatable bonds is 6. The smallest absolute Gasteiger partial charge is 0.0700 e. The van der Waals surface area contributed by atoms with Crippen LogP contribution in [0, 0.1) is 5.92 Å². The minimum absolute atomic E-state index is 0.515. The molecule has 76 valence electrons. The second-order valence-electron chi connectivity index (χ2n) is 4.42. The molecule has 2 rings (SSSR count). The van der Waals surface area contributed by atoms with E-state index >= 15 is 0 Å². The molecule has 1 N–H and O–H groups in total. The molecule has 1 heterocycles. The van der Waals surface area contributed by atoms with Crippen LogP contribution in [0.2, 0.25) is 0 Å². The van der Waals surface area contributed by atoms with E-state index in [9.17, 15) is 0 Å². The third kappa shape index (κ3) is 3.65. The lowest BCUT2D eigenvalue weighted by molar-refractivity contribution is 0.110. The maximum absolute atomic E-state index is 5.53. The van der Waals surface area contributed by atoms with Gasteiger partial charge in [0, 0.05) is 13.2 Å². The maximum Gasteiger partial charge on any atom is 0.0700 e. The molecule has 2 aliphatic rings. The molecule has 0 aromatic heterocycles. The lowest BCUT2D eigenvalue weighted by Crippen LogP contribution is -2.27. The summed E-state index contributed by atoms with van der Waals surface area (Å²) >= 11 is 0. The predicted octanol–water partition coefficient (Wildman–Crippen LogP) is 1.95. The lowest BCUT2D eigenvalue weighted by Gasteiger charge is -2.10. The van der Waals surface area contributed by atoms with Crippen LogP contribution in [-0.4, -0.2) is 25.8 Å². The van der Waals surface area contributed by atoms with Gasteiger partial charge in [0.05, 0.1) is 6.10 Å². The van der Waals surface area contributed by atoms with Crippen LogP contribution in [0.15, 0.2) is 0 Å². The van der Waals surface area contributed by atoms with Crippen LogP contribution in [0.25, 0.3) is 0 Å². The van der Waals surface area contributed by atoms with Crippen molar-refractivity contribution in [2.24, 2.45) is 5.92 Å². The Morgan fingerprint density at radius 2 is 2.15 bits per heavy atom. The van der Waals surface area contributed by atoms with Gasteiger partial charge in [0.2, 0.25) is 0 Å². The number of hydrogen-bond donors (Lipinski definition) is 1. The summed E-state index contributed by atoms with van der Waals surface area (Å²) in [6.07, 6.45) is 8.82. The molecule has 2 fully saturated rings. The Balaban J connectivity index is 1.39. The van der Waals surface area contributed by atoms with Crippen molar-refractivity contribution in [1.82, 2.24) is 5.32 Å². The first-order chi connectivity index (χ1) is 6.45. The maximum atomic E-state index is 5.53. The van der Waals surface area contributed by atoms with E-state index in [-0.39, 0.29) is 0 Å². The molecule has 1 saturated heterocycles. The minimum Gasteiger partial charge on any atom is -0.377 e. The Bertz CT molecular complexity index is 139. The highest BCUT2D eigenvalue weighted by atomic mass is 16.5. The van der Waals surface area contributed by atoms with E-state index in [0.717, 1.165) is 19.1 Å². The SMILES string of the molecule is C(CNCC1CCCO1)CC1CC1. The number of ether oxygens (including phenoxy) is 1. The Morgan fingerprint density at radius 1 is 1.23 bits per heavy atom. The topological polar surface area (TPSA) is 21.3 Å². The van der Waals surface area contributed by atoms with Gasteiger partial charge in [-0.25, -0.2) is 0 Å². The fourth-order valence-electron chi connectivity index (χ4n) is 1.99. The van der Waals surface area contributed by atoms with E-state index in [1.165, 1.54) is 45.1 Å². The van der Waals surface area contributed by atoms with Crippen LogP contribution in [0.5, 0.6) is 0 Å². The van der Waals surface area contributed by atoms with E-state index in [2.05, 4.69) is 5.32 Å². The molecule has 1 saturated carbocycles. The van der Waals surface area contributed by atoms with Gasteiger partial charge in [0.25, 0.3) is 0 Å². The summed E-state index contributed by atoms with van der Waals surface area (Å²) in [5.41, 5.74) is 0. The predicted molar refractivity (Wildman–Crippen MR) is 53.8 cm³/mol. The summed E-state index contributed by atoms with van der Waals surface area (Å²) in [7, 11) is 0. The van der Waals surface area contributed by atoms with Crippen molar-refractivity contribution < 1.29 is 4.74 Å². The molecule has 1 aliphatic heterocycles. The summed E-state index contributed by atoms with van der Waals surface area (Å²) in [4.78, 5) is 0. The monoisotopic (exact) mass is 183 g/mol. The Hall–Kier alpha value is -0.0800. The normalized spacial score (nSPS) is 28.2. The fourth-order valence-corrected chi connectivity index (χ4v) is 1.99. The first-order valence-electron chi connectivity index (χ1n) is 5.77. The fraction of sp³-hybridized carbons (Fsp3) is 1.00. The van der Waals surface area contributed by atoms with Gasteiger partial charge in [-0.1, -0.05) is 12.8 Å². The standard InChI is InChI=1S/C11H21NO/c1(3-10-5-6-10)7-12-9-11-4-2-8-13-11/h10-12H,1-9H2. The van der Waals surface area contributed by atoms with Crippen LogP contribution in [0.3, 0.4) is 0 Å². The van der Waals surface area contributed by atoms with Gasteiger partial charge in [-0.2, -0.15) is 0 Å². The molecular formula is C11H21NO. The van der Waals surface area contributed by atoms with Crippen molar-refractivity contribution in [3.05, 3.63) is 0 Å². The number of nitrogens with one attached hydrogen (secondary N) is 1. The molecule has 2 nitrogen and oxygen atoms in total. The summed E-state index contributed by atoms with van der Waals surface area (Å²) < 4.78 is 5.53. The second-order valence-corrected chi connectivity index (χ2v) is 4.42. The lowest BCUT2D eigenvalue weighted by atomic mass is 10.2. The van der Waals surface area contributed by atoms with Crippen LogP contribution in [-0.2, 0) is 4.74 Å². The largest absolute Gasteiger partial charge is 0.377 e. The molecule has 0 spiro atoms. The summed E-state index contributed by atoms with van der Waals surface area (Å²) in [5, 5.41) is 3.49. The zero-order valence-electron chi connectivity index (χ0n) is 8.43. The highest BCUT2D eigenvalue weighted by molar-refractivity contribution is 4.73. The molecule has 1 unspecified atom stereocenters. The van der Waals surface area contributed by atoms with Gasteiger partial charge in [0.15, 0.2) is 0 Å². The average Bonchev–Trinajstić information content (AvgIpc) is 2.81. The van der Waals surface area contributed by atoms with Gasteiger partial charge in [0.1, 0.15) is 0 Å². The third-order valence-corrected chi connectivity index (χ3v) is 3.06. The van der Waals surface area contributed by atoms with E-state index < -0.39 is 0 Å². The molecule has 0 radical (unpaired) electrons. The van der Waals surface area contributed by atoms with Crippen molar-refractivity contribution in [2.45, 2.75) is 44.6 Å². The Labute approximate surface area is 81.0 Å². The van der Waals surface area contributed by atoms with Crippen molar-refractivity contribution in [1.29, 1.82) is 0 Å². The van der Waals surface area contributed by atoms with Crippen molar-refractivity contribution in [2.75, 3.05) is 19.7 Å². The molecule has 1 aliphatic carbocycles. The van der Waals surface area contributed by atoms with Crippen molar-refractivity contribution in [3.63, 3.8) is 0 Å². The van der Waals surface area contributed by atoms with Crippen LogP contribution >= 0.6 is 0 Å². The Kier molecular flexibility index (Phi) is 3.62. The summed E-state index contributed by atoms with van der Waals surface area (Å²) in [5.74, 6) is 1.09. The first-order valence-corrected chi connectivity index (χ1v) is 5.77. The van der Waals surface area contributed by atoms with Gasteiger partial charge < -0.3 is 10.1 Å². The van der Waals surface area contributed by atoms with Crippen LogP contribution < -0.4 is 5.32 Å². The molecule has 1 atom stereocenters. The van der Waals surface area contributed by atoms with Gasteiger partial charge in [-0.3, -0.25) is 0 Å². The molecule has 0 aromatic carbocycles. The summed E-state index contributed by atoms with van der Waals surface area (Å²) in [6.45, 7) is 3.25. The zero-order chi connectivity index (χ0) is 8.93. The molecular weight excluding hydrogens is 162 g/mol. The van der Waals surface area contributed by atoms with Crippen LogP contribution in [0.1, 0.15) is 38.5 Å². The minimum atomic E-state index is 0.515. The molecule has 0 amide bonds. The number of hydrogen-bond acceptors (Lipinski definition) is 2. The average molecular weight is 183 g/mol. The quantitative estimate of drug-likeness (QED) is 0.635. The van der Waals surface area contributed by atoms with E-state index in [4.69, 9.17) is 4.74 Å². The zero-order valence-corrected chi connectivity index (χ0v) is 8.43. The first kappa shape index (κ1) is 9.47. The van der Waals surface area contributed by atoms with Crippen molar-refractivity contribution >= 4 is 0 Å². The van der Waals surface area contributed by atoms with E-state index in [1.54, 1.807) is 0 Å². The van der Waals surface area contributed by atoms with Gasteiger partial charge in [-0.05, 0) is 38.1 Å².